The van der Waals surface area contributed by atoms with Crippen LogP contribution < -0.4 is 10.6 Å². The Morgan fingerprint density at radius 3 is 2.17 bits per heavy atom. The fourth-order valence-corrected chi connectivity index (χ4v) is 2.33. The number of benzene rings is 1. The maximum Gasteiger partial charge on any atom is 0.275 e. The van der Waals surface area contributed by atoms with Gasteiger partial charge < -0.3 is 10.6 Å². The lowest BCUT2D eigenvalue weighted by Gasteiger charge is -2.23. The summed E-state index contributed by atoms with van der Waals surface area (Å²) >= 11 is 0. The molecule has 24 heavy (non-hydrogen) atoms. The van der Waals surface area contributed by atoms with Crippen molar-refractivity contribution < 1.29 is 4.79 Å². The van der Waals surface area contributed by atoms with E-state index >= 15 is 0 Å². The second-order valence-corrected chi connectivity index (χ2v) is 7.91. The molecule has 0 aliphatic carbocycles. The number of hydrogen-bond acceptors (Lipinski definition) is 4. The van der Waals surface area contributed by atoms with E-state index in [4.69, 9.17) is 0 Å². The van der Waals surface area contributed by atoms with Crippen LogP contribution in [0, 0.1) is 0 Å². The van der Waals surface area contributed by atoms with Gasteiger partial charge in [0.25, 0.3) is 5.91 Å². The first-order valence-corrected chi connectivity index (χ1v) is 8.07. The number of hydrogen-bond donors (Lipinski definition) is 2. The van der Waals surface area contributed by atoms with Gasteiger partial charge in [-0.25, -0.2) is 9.97 Å². The molecule has 2 N–H and O–H groups in total. The van der Waals surface area contributed by atoms with Crippen molar-refractivity contribution in [2.75, 3.05) is 10.6 Å². The van der Waals surface area contributed by atoms with Gasteiger partial charge in [-0.15, -0.1) is 0 Å². The molecule has 0 bridgehead atoms. The predicted octanol–water partition coefficient (Wildman–Crippen LogP) is 4.24. The Bertz CT molecular complexity index is 709. The van der Waals surface area contributed by atoms with Gasteiger partial charge in [0.05, 0.1) is 12.4 Å². The smallest absolute Gasteiger partial charge is 0.275 e. The van der Waals surface area contributed by atoms with Gasteiger partial charge in [0.2, 0.25) is 0 Å². The van der Waals surface area contributed by atoms with Gasteiger partial charge in [0.15, 0.2) is 0 Å². The Labute approximate surface area is 143 Å². The van der Waals surface area contributed by atoms with Gasteiger partial charge in [0.1, 0.15) is 11.5 Å². The summed E-state index contributed by atoms with van der Waals surface area (Å²) in [5.41, 5.74) is 2.00. The van der Waals surface area contributed by atoms with Crippen molar-refractivity contribution >= 4 is 17.4 Å². The van der Waals surface area contributed by atoms with E-state index in [1.165, 1.54) is 6.20 Å². The SMILES string of the molecule is CC(C)(C)Nc1cnc(C(=O)Nc2ccccc2C(C)(C)C)cn1. The molecule has 5 nitrogen and oxygen atoms in total. The van der Waals surface area contributed by atoms with E-state index in [0.29, 0.717) is 5.82 Å². The minimum absolute atomic E-state index is 0.0595. The Balaban J connectivity index is 2.17. The largest absolute Gasteiger partial charge is 0.364 e. The zero-order valence-corrected chi connectivity index (χ0v) is 15.3. The Morgan fingerprint density at radius 2 is 1.62 bits per heavy atom. The lowest BCUT2D eigenvalue weighted by Crippen LogP contribution is -2.27. The number of amides is 1. The van der Waals surface area contributed by atoms with Crippen molar-refractivity contribution in [2.24, 2.45) is 0 Å². The summed E-state index contributed by atoms with van der Waals surface area (Å²) in [6.45, 7) is 12.5. The Kier molecular flexibility index (Phi) is 4.92. The highest BCUT2D eigenvalue weighted by Gasteiger charge is 2.19. The minimum Gasteiger partial charge on any atom is -0.364 e. The number of aromatic nitrogens is 2. The topological polar surface area (TPSA) is 66.9 Å². The number of para-hydroxylation sites is 1. The molecule has 0 fully saturated rings. The third-order valence-corrected chi connectivity index (χ3v) is 3.37. The van der Waals surface area contributed by atoms with Crippen molar-refractivity contribution in [1.82, 2.24) is 9.97 Å². The third-order valence-electron chi connectivity index (χ3n) is 3.37. The first-order chi connectivity index (χ1) is 11.1. The average Bonchev–Trinajstić information content (AvgIpc) is 2.45. The van der Waals surface area contributed by atoms with Gasteiger partial charge in [-0.1, -0.05) is 39.0 Å². The normalized spacial score (nSPS) is 11.9. The number of nitrogens with zero attached hydrogens (tertiary/aromatic N) is 2. The molecule has 1 aromatic heterocycles. The van der Waals surface area contributed by atoms with E-state index in [1.807, 2.05) is 45.0 Å². The molecule has 0 radical (unpaired) electrons. The third kappa shape index (κ3) is 4.78. The van der Waals surface area contributed by atoms with Crippen LogP contribution in [0.1, 0.15) is 57.6 Å². The summed E-state index contributed by atoms with van der Waals surface area (Å²) in [6.07, 6.45) is 3.07. The summed E-state index contributed by atoms with van der Waals surface area (Å²) in [5, 5.41) is 6.16. The fraction of sp³-hybridized carbons (Fsp3) is 0.421. The van der Waals surface area contributed by atoms with Crippen molar-refractivity contribution in [3.05, 3.63) is 47.9 Å². The van der Waals surface area contributed by atoms with E-state index < -0.39 is 0 Å². The van der Waals surface area contributed by atoms with Crippen LogP contribution in [-0.4, -0.2) is 21.4 Å². The van der Waals surface area contributed by atoms with E-state index in [2.05, 4.69) is 41.4 Å². The first-order valence-electron chi connectivity index (χ1n) is 8.07. The second-order valence-electron chi connectivity index (χ2n) is 7.91. The van der Waals surface area contributed by atoms with Crippen LogP contribution in [0.15, 0.2) is 36.7 Å². The van der Waals surface area contributed by atoms with Gasteiger partial charge in [0, 0.05) is 11.2 Å². The zero-order valence-electron chi connectivity index (χ0n) is 15.3. The zero-order chi connectivity index (χ0) is 18.0. The molecule has 128 valence electrons. The van der Waals surface area contributed by atoms with E-state index in [1.54, 1.807) is 6.20 Å². The molecule has 1 aromatic carbocycles. The molecule has 0 atom stereocenters. The van der Waals surface area contributed by atoms with Crippen LogP contribution in [0.3, 0.4) is 0 Å². The predicted molar refractivity (Wildman–Crippen MR) is 98.5 cm³/mol. The molecule has 0 saturated carbocycles. The van der Waals surface area contributed by atoms with Crippen LogP contribution in [-0.2, 0) is 5.41 Å². The molecular formula is C19H26N4O. The van der Waals surface area contributed by atoms with Crippen molar-refractivity contribution in [1.29, 1.82) is 0 Å². The summed E-state index contributed by atoms with van der Waals surface area (Å²) < 4.78 is 0. The molecule has 1 heterocycles. The first kappa shape index (κ1) is 17.9. The van der Waals surface area contributed by atoms with Crippen LogP contribution in [0.25, 0.3) is 0 Å². The maximum absolute atomic E-state index is 12.5. The van der Waals surface area contributed by atoms with Gasteiger partial charge in [-0.05, 0) is 37.8 Å². The summed E-state index contributed by atoms with van der Waals surface area (Å²) in [5.74, 6) is 0.385. The number of carbonyl (C=O) groups excluding carboxylic acids is 1. The molecular weight excluding hydrogens is 300 g/mol. The van der Waals surface area contributed by atoms with Crippen LogP contribution in [0.2, 0.25) is 0 Å². The molecule has 0 spiro atoms. The average molecular weight is 326 g/mol. The molecule has 0 aliphatic rings. The summed E-state index contributed by atoms with van der Waals surface area (Å²) in [7, 11) is 0. The monoisotopic (exact) mass is 326 g/mol. The Hall–Kier alpha value is -2.43. The van der Waals surface area contributed by atoms with Crippen LogP contribution in [0.5, 0.6) is 0 Å². The lowest BCUT2D eigenvalue weighted by atomic mass is 9.86. The van der Waals surface area contributed by atoms with E-state index in [9.17, 15) is 4.79 Å². The molecule has 0 aliphatic heterocycles. The number of carbonyl (C=O) groups is 1. The maximum atomic E-state index is 12.5. The second kappa shape index (κ2) is 6.59. The highest BCUT2D eigenvalue weighted by atomic mass is 16.1. The molecule has 2 rings (SSSR count). The quantitative estimate of drug-likeness (QED) is 0.885. The standard InChI is InChI=1S/C19H26N4O/c1-18(2,3)13-9-7-8-10-14(13)22-17(24)15-11-21-16(12-20-15)23-19(4,5)6/h7-12H,1-6H3,(H,21,23)(H,22,24). The molecule has 0 unspecified atom stereocenters. The highest BCUT2D eigenvalue weighted by molar-refractivity contribution is 6.03. The molecule has 2 aromatic rings. The van der Waals surface area contributed by atoms with Gasteiger partial charge >= 0.3 is 0 Å². The lowest BCUT2D eigenvalue weighted by molar-refractivity contribution is 0.102. The Morgan fingerprint density at radius 1 is 0.958 bits per heavy atom. The van der Waals surface area contributed by atoms with Crippen molar-refractivity contribution in [3.63, 3.8) is 0 Å². The molecule has 5 heteroatoms. The van der Waals surface area contributed by atoms with Crippen molar-refractivity contribution in [3.8, 4) is 0 Å². The van der Waals surface area contributed by atoms with Gasteiger partial charge in [-0.2, -0.15) is 0 Å². The highest BCUT2D eigenvalue weighted by Crippen LogP contribution is 2.29. The number of anilines is 2. The van der Waals surface area contributed by atoms with E-state index in [0.717, 1.165) is 11.3 Å². The summed E-state index contributed by atoms with van der Waals surface area (Å²) in [4.78, 5) is 20.9. The van der Waals surface area contributed by atoms with E-state index in [-0.39, 0.29) is 22.6 Å². The van der Waals surface area contributed by atoms with Crippen LogP contribution >= 0.6 is 0 Å². The van der Waals surface area contributed by atoms with Crippen molar-refractivity contribution in [2.45, 2.75) is 52.5 Å². The fourth-order valence-electron chi connectivity index (χ4n) is 2.33. The number of rotatable bonds is 3. The number of nitrogens with one attached hydrogen (secondary N) is 2. The summed E-state index contributed by atoms with van der Waals surface area (Å²) in [6, 6.07) is 7.81. The minimum atomic E-state index is -0.262. The molecule has 1 amide bonds. The molecule has 0 saturated heterocycles. The van der Waals surface area contributed by atoms with Gasteiger partial charge in [-0.3, -0.25) is 4.79 Å². The van der Waals surface area contributed by atoms with Crippen LogP contribution in [0.4, 0.5) is 11.5 Å².